The second-order valence-electron chi connectivity index (χ2n) is 8.33. The highest BCUT2D eigenvalue weighted by molar-refractivity contribution is 7.80. The van der Waals surface area contributed by atoms with Crippen molar-refractivity contribution in [2.45, 2.75) is 25.9 Å². The van der Waals surface area contributed by atoms with Crippen molar-refractivity contribution in [1.82, 2.24) is 10.2 Å². The number of H-pyrrole nitrogens is 1. The van der Waals surface area contributed by atoms with E-state index >= 15 is 0 Å². The molecule has 0 aliphatic carbocycles. The van der Waals surface area contributed by atoms with Crippen LogP contribution in [0, 0.1) is 0 Å². The normalized spacial score (nSPS) is 15.1. The Morgan fingerprint density at radius 2 is 1.82 bits per heavy atom. The maximum atomic E-state index is 13.6. The molecule has 1 fully saturated rings. The van der Waals surface area contributed by atoms with Gasteiger partial charge in [-0.05, 0) is 72.9 Å². The lowest BCUT2D eigenvalue weighted by Crippen LogP contribution is -2.44. The smallest absolute Gasteiger partial charge is 0.431 e. The number of aryl methyl sites for hydroxylation is 1. The number of aromatic nitrogens is 2. The summed E-state index contributed by atoms with van der Waals surface area (Å²) in [6.45, 7) is 2.30. The molecule has 0 spiro atoms. The van der Waals surface area contributed by atoms with E-state index in [-0.39, 0.29) is 23.8 Å². The Morgan fingerprint density at radius 1 is 1.13 bits per heavy atom. The number of methoxy groups -OCH3 is 1. The van der Waals surface area contributed by atoms with E-state index in [9.17, 15) is 19.2 Å². The Labute approximate surface area is 222 Å². The Bertz CT molecular complexity index is 1420. The van der Waals surface area contributed by atoms with Gasteiger partial charge in [0.05, 0.1) is 31.4 Å². The molecule has 0 radical (unpaired) electrons. The number of carbonyl (C=O) groups excluding carboxylic acids is 3. The highest BCUT2D eigenvalue weighted by Gasteiger charge is 2.45. The largest absolute Gasteiger partial charge is 0.494 e. The first kappa shape index (κ1) is 26.5. The lowest BCUT2D eigenvalue weighted by Gasteiger charge is -2.21. The zero-order valence-electron chi connectivity index (χ0n) is 20.9. The van der Waals surface area contributed by atoms with E-state index in [1.807, 2.05) is 6.92 Å². The van der Waals surface area contributed by atoms with Gasteiger partial charge in [0.15, 0.2) is 12.2 Å². The molecule has 0 bridgehead atoms. The summed E-state index contributed by atoms with van der Waals surface area (Å²) in [5.41, 5.74) is 0.870. The van der Waals surface area contributed by atoms with E-state index in [1.54, 1.807) is 43.4 Å². The van der Waals surface area contributed by atoms with Gasteiger partial charge in [-0.1, -0.05) is 4.68 Å². The molecule has 198 valence electrons. The quantitative estimate of drug-likeness (QED) is 0.235. The Balaban J connectivity index is 1.58. The number of ether oxygens (including phenoxy) is 2. The SMILES string of the molecule is CCOc1ccc(N2C(=O)C(CC(=O)Nc3ccc(C(=O)OC)cc3)N(Cc3c(=O)o[nH][n+]3C)C2=S)cc1. The van der Waals surface area contributed by atoms with Crippen LogP contribution in [-0.4, -0.2) is 52.8 Å². The first-order chi connectivity index (χ1) is 18.2. The molecule has 2 amide bonds. The summed E-state index contributed by atoms with van der Waals surface area (Å²) < 4.78 is 16.4. The zero-order chi connectivity index (χ0) is 27.4. The maximum Gasteiger partial charge on any atom is 0.431 e. The molecule has 2 N–H and O–H groups in total. The number of rotatable bonds is 9. The van der Waals surface area contributed by atoms with E-state index in [0.29, 0.717) is 29.3 Å². The number of carbonyl (C=O) groups is 3. The van der Waals surface area contributed by atoms with Gasteiger partial charge in [0, 0.05) is 5.69 Å². The standard InChI is InChI=1S/C25H25N5O7S/c1-4-36-18-11-9-17(10-12-18)30-22(32)19(29(25(30)38)14-20-24(34)37-27-28(20)2)13-21(31)26-16-7-5-15(6-8-16)23(33)35-3/h5-12,19H,4,13-14H2,1-3H3,(H-,26,27,31,33,34)/p+1. The molecule has 1 unspecified atom stereocenters. The second kappa shape index (κ2) is 11.3. The van der Waals surface area contributed by atoms with Crippen molar-refractivity contribution in [2.75, 3.05) is 23.9 Å². The maximum absolute atomic E-state index is 13.6. The Hall–Kier alpha value is -4.52. The molecule has 4 rings (SSSR count). The van der Waals surface area contributed by atoms with Crippen molar-refractivity contribution >= 4 is 46.5 Å². The molecular weight excluding hydrogens is 514 g/mol. The second-order valence-corrected chi connectivity index (χ2v) is 8.70. The lowest BCUT2D eigenvalue weighted by molar-refractivity contribution is -0.746. The molecule has 38 heavy (non-hydrogen) atoms. The fourth-order valence-electron chi connectivity index (χ4n) is 4.00. The van der Waals surface area contributed by atoms with Crippen molar-refractivity contribution in [3.05, 3.63) is 70.2 Å². The summed E-state index contributed by atoms with van der Waals surface area (Å²) in [7, 11) is 2.87. The number of nitrogens with one attached hydrogen (secondary N) is 2. The monoisotopic (exact) mass is 540 g/mol. The molecule has 3 aromatic rings. The summed E-state index contributed by atoms with van der Waals surface area (Å²) in [5.74, 6) is -0.740. The molecule has 0 saturated carbocycles. The highest BCUT2D eigenvalue weighted by atomic mass is 32.1. The number of nitrogens with zero attached hydrogens (tertiary/aromatic N) is 3. The average Bonchev–Trinajstić information content (AvgIpc) is 3.34. The van der Waals surface area contributed by atoms with E-state index < -0.39 is 29.5 Å². The summed E-state index contributed by atoms with van der Waals surface area (Å²) in [5, 5.41) is 5.30. The summed E-state index contributed by atoms with van der Waals surface area (Å²) in [6.07, 6.45) is -0.245. The van der Waals surface area contributed by atoms with Gasteiger partial charge in [-0.25, -0.2) is 9.59 Å². The molecule has 12 nitrogen and oxygen atoms in total. The third-order valence-corrected chi connectivity index (χ3v) is 6.35. The van der Waals surface area contributed by atoms with Gasteiger partial charge in [0.25, 0.3) is 5.91 Å². The first-order valence-corrected chi connectivity index (χ1v) is 12.1. The Kier molecular flexibility index (Phi) is 7.86. The van der Waals surface area contributed by atoms with Crippen LogP contribution in [0.1, 0.15) is 29.4 Å². The first-order valence-electron chi connectivity index (χ1n) is 11.7. The number of esters is 1. The van der Waals surface area contributed by atoms with Gasteiger partial charge in [-0.15, -0.1) is 0 Å². The lowest BCUT2D eigenvalue weighted by atomic mass is 10.1. The molecule has 2 heterocycles. The van der Waals surface area contributed by atoms with Crippen molar-refractivity contribution < 1.29 is 33.1 Å². The number of aromatic amines is 1. The number of anilines is 2. The average molecular weight is 541 g/mol. The fourth-order valence-corrected chi connectivity index (χ4v) is 4.38. The Morgan fingerprint density at radius 3 is 2.39 bits per heavy atom. The molecule has 1 saturated heterocycles. The summed E-state index contributed by atoms with van der Waals surface area (Å²) >= 11 is 5.65. The van der Waals surface area contributed by atoms with E-state index in [1.165, 1.54) is 33.7 Å². The number of hydrogen-bond donors (Lipinski definition) is 2. The van der Waals surface area contributed by atoms with Crippen LogP contribution in [0.3, 0.4) is 0 Å². The van der Waals surface area contributed by atoms with Gasteiger partial charge in [0.1, 0.15) is 18.3 Å². The van der Waals surface area contributed by atoms with Gasteiger partial charge in [-0.2, -0.15) is 0 Å². The van der Waals surface area contributed by atoms with Crippen LogP contribution in [0.4, 0.5) is 11.4 Å². The van der Waals surface area contributed by atoms with Gasteiger partial charge in [-0.3, -0.25) is 19.0 Å². The van der Waals surface area contributed by atoms with Crippen LogP contribution in [-0.2, 0) is 27.9 Å². The number of hydrogen-bond acceptors (Lipinski definition) is 8. The molecular formula is C25H26N5O7S+. The predicted molar refractivity (Wildman–Crippen MR) is 139 cm³/mol. The van der Waals surface area contributed by atoms with Crippen LogP contribution in [0.15, 0.2) is 57.8 Å². The van der Waals surface area contributed by atoms with E-state index in [2.05, 4.69) is 15.3 Å². The third kappa shape index (κ3) is 5.42. The van der Waals surface area contributed by atoms with E-state index in [4.69, 9.17) is 21.5 Å². The number of thiocarbonyl (C=S) groups is 1. The molecule has 1 aromatic heterocycles. The molecule has 1 atom stereocenters. The van der Waals surface area contributed by atoms with Crippen molar-refractivity contribution in [3.8, 4) is 5.75 Å². The third-order valence-electron chi connectivity index (χ3n) is 5.93. The minimum Gasteiger partial charge on any atom is -0.494 e. The van der Waals surface area contributed by atoms with Crippen molar-refractivity contribution in [3.63, 3.8) is 0 Å². The van der Waals surface area contributed by atoms with Crippen LogP contribution in [0.5, 0.6) is 5.75 Å². The van der Waals surface area contributed by atoms with Crippen LogP contribution >= 0.6 is 12.2 Å². The van der Waals surface area contributed by atoms with Gasteiger partial charge >= 0.3 is 17.3 Å². The summed E-state index contributed by atoms with van der Waals surface area (Å²) in [4.78, 5) is 53.3. The molecule has 13 heteroatoms. The van der Waals surface area contributed by atoms with Gasteiger partial charge < -0.3 is 19.7 Å². The zero-order valence-corrected chi connectivity index (χ0v) is 21.7. The molecule has 1 aliphatic rings. The predicted octanol–water partition coefficient (Wildman–Crippen LogP) is 1.51. The van der Waals surface area contributed by atoms with Crippen molar-refractivity contribution in [2.24, 2.45) is 7.05 Å². The van der Waals surface area contributed by atoms with Gasteiger partial charge in [0.2, 0.25) is 5.91 Å². The van der Waals surface area contributed by atoms with Crippen LogP contribution in [0.25, 0.3) is 0 Å². The fraction of sp³-hybridized carbons (Fsp3) is 0.280. The minimum absolute atomic E-state index is 0.0633. The minimum atomic E-state index is -0.988. The van der Waals surface area contributed by atoms with Crippen LogP contribution in [0.2, 0.25) is 0 Å². The van der Waals surface area contributed by atoms with Crippen LogP contribution < -0.4 is 25.3 Å². The molecule has 2 aromatic carbocycles. The highest BCUT2D eigenvalue weighted by Crippen LogP contribution is 2.29. The number of amides is 2. The topological polar surface area (TPSA) is 138 Å². The van der Waals surface area contributed by atoms with E-state index in [0.717, 1.165) is 0 Å². The summed E-state index contributed by atoms with van der Waals surface area (Å²) in [6, 6.07) is 12.0. The number of benzene rings is 2. The molecule has 1 aliphatic heterocycles. The van der Waals surface area contributed by atoms with Crippen molar-refractivity contribution in [1.29, 1.82) is 0 Å².